The minimum Gasteiger partial charge on any atom is -0.329 e. The third-order valence-corrected chi connectivity index (χ3v) is 17.9. The number of halogens is 6. The van der Waals surface area contributed by atoms with Crippen LogP contribution in [0.3, 0.4) is 0 Å². The lowest BCUT2D eigenvalue weighted by Crippen LogP contribution is -2.31. The van der Waals surface area contributed by atoms with Gasteiger partial charge in [-0.15, -0.1) is 10.2 Å². The van der Waals surface area contributed by atoms with Crippen LogP contribution < -0.4 is 0 Å². The summed E-state index contributed by atoms with van der Waals surface area (Å²) < 4.78 is 145. The SMILES string of the molecule is Cc1nnn(C)c1-c1cnc2c3ccc(S(C)(=O)=O)cc3n(C(c3ncccc3F)C3CCC(F)(F)CC3)c2c1.Cc1nnn(C)c1-c1cnc2c3ccc(S(C)(=O)=O)cc3n(C(c3ncccc3F)C3CCC(F)(F)CC3)c2c1. The number of alkyl halides is 4. The maximum atomic E-state index is 15.5. The first kappa shape index (κ1) is 54.4. The number of benzene rings is 2. The van der Waals surface area contributed by atoms with Crippen molar-refractivity contribution in [2.75, 3.05) is 12.5 Å². The van der Waals surface area contributed by atoms with Gasteiger partial charge in [0.15, 0.2) is 19.7 Å². The topological polar surface area (TPSA) is 191 Å². The number of fused-ring (bicyclic) bond motifs is 6. The predicted molar refractivity (Wildman–Crippen MR) is 289 cm³/mol. The molecule has 2 aromatic carbocycles. The molecule has 416 valence electrons. The maximum absolute atomic E-state index is 15.5. The average Bonchev–Trinajstić information content (AvgIpc) is 4.21. The molecule has 80 heavy (non-hydrogen) atoms. The zero-order valence-corrected chi connectivity index (χ0v) is 45.9. The molecule has 0 N–H and O–H groups in total. The van der Waals surface area contributed by atoms with Gasteiger partial charge in [-0.2, -0.15) is 0 Å². The van der Waals surface area contributed by atoms with Crippen molar-refractivity contribution in [2.24, 2.45) is 25.9 Å². The Balaban J connectivity index is 0.000000169. The molecule has 0 amide bonds. The van der Waals surface area contributed by atoms with Crippen molar-refractivity contribution in [1.29, 1.82) is 0 Å². The van der Waals surface area contributed by atoms with Gasteiger partial charge in [0, 0.05) is 99.0 Å². The van der Waals surface area contributed by atoms with Gasteiger partial charge in [-0.1, -0.05) is 10.4 Å². The number of aryl methyl sites for hydroxylation is 4. The molecular weight excluding hydrogens is 1080 g/mol. The van der Waals surface area contributed by atoms with E-state index in [2.05, 4.69) is 30.6 Å². The summed E-state index contributed by atoms with van der Waals surface area (Å²) in [5.41, 5.74) is 7.88. The Morgan fingerprint density at radius 1 is 0.537 bits per heavy atom. The fraction of sp³-hybridized carbons (Fsp3) is 0.357. The van der Waals surface area contributed by atoms with Crippen LogP contribution >= 0.6 is 0 Å². The second-order valence-electron chi connectivity index (χ2n) is 21.1. The quantitative estimate of drug-likeness (QED) is 0.118. The summed E-state index contributed by atoms with van der Waals surface area (Å²) in [6, 6.07) is 17.3. The van der Waals surface area contributed by atoms with E-state index in [-0.39, 0.29) is 84.4 Å². The van der Waals surface area contributed by atoms with E-state index >= 15 is 8.78 Å². The molecule has 0 radical (unpaired) electrons. The summed E-state index contributed by atoms with van der Waals surface area (Å²) in [5.74, 6) is -7.45. The van der Waals surface area contributed by atoms with Crippen LogP contribution in [0.5, 0.6) is 0 Å². The number of aromatic nitrogens is 12. The molecule has 2 saturated carbocycles. The highest BCUT2D eigenvalue weighted by atomic mass is 32.2. The number of sulfone groups is 2. The molecule has 2 fully saturated rings. The van der Waals surface area contributed by atoms with Gasteiger partial charge in [0.1, 0.15) is 11.6 Å². The summed E-state index contributed by atoms with van der Waals surface area (Å²) in [5, 5.41) is 17.8. The molecule has 0 spiro atoms. The number of pyridine rings is 4. The lowest BCUT2D eigenvalue weighted by molar-refractivity contribution is -0.0501. The molecule has 8 aromatic heterocycles. The second-order valence-corrected chi connectivity index (χ2v) is 25.2. The standard InChI is InChI=1S/2C28H27F3N6O2S/c2*1-16-26(36(2)35-34-16)18-13-23-24(33-15-18)20-7-6-19(40(3,38)39)14-22(20)37(23)27(25-21(29)5-4-12-32-25)17-8-10-28(30,31)11-9-17/h2*4-7,12-15,17,27H,8-11H2,1-3H3. The lowest BCUT2D eigenvalue weighted by atomic mass is 9.80. The van der Waals surface area contributed by atoms with E-state index in [4.69, 9.17) is 9.97 Å². The highest BCUT2D eigenvalue weighted by molar-refractivity contribution is 7.91. The highest BCUT2D eigenvalue weighted by Crippen LogP contribution is 2.48. The van der Waals surface area contributed by atoms with Gasteiger partial charge in [0.05, 0.1) is 89.1 Å². The van der Waals surface area contributed by atoms with E-state index in [1.54, 1.807) is 60.1 Å². The van der Waals surface area contributed by atoms with Crippen molar-refractivity contribution in [3.8, 4) is 22.5 Å². The molecular formula is C56H54F6N12O4S2. The molecule has 12 rings (SSSR count). The number of hydrogen-bond acceptors (Lipinski definition) is 12. The summed E-state index contributed by atoms with van der Waals surface area (Å²) in [7, 11) is -3.64. The Labute approximate surface area is 455 Å². The molecule has 8 heterocycles. The number of rotatable bonds is 10. The fourth-order valence-corrected chi connectivity index (χ4v) is 13.2. The van der Waals surface area contributed by atoms with Crippen LogP contribution in [0.15, 0.2) is 107 Å². The van der Waals surface area contributed by atoms with Crippen LogP contribution in [-0.4, -0.2) is 100 Å². The first-order chi connectivity index (χ1) is 37.9. The van der Waals surface area contributed by atoms with Crippen molar-refractivity contribution < 1.29 is 43.2 Å². The third-order valence-electron chi connectivity index (χ3n) is 15.7. The van der Waals surface area contributed by atoms with E-state index in [1.165, 1.54) is 48.8 Å². The first-order valence-corrected chi connectivity index (χ1v) is 29.6. The molecule has 0 bridgehead atoms. The van der Waals surface area contributed by atoms with Crippen LogP contribution in [0.4, 0.5) is 26.3 Å². The normalized spacial score (nSPS) is 17.1. The van der Waals surface area contributed by atoms with Crippen molar-refractivity contribution in [3.63, 3.8) is 0 Å². The molecule has 2 atom stereocenters. The number of nitrogens with zero attached hydrogens (tertiary/aromatic N) is 12. The minimum atomic E-state index is -3.58. The Kier molecular flexibility index (Phi) is 13.7. The maximum Gasteiger partial charge on any atom is 0.248 e. The molecule has 0 saturated heterocycles. The van der Waals surface area contributed by atoms with Crippen molar-refractivity contribution in [1.82, 2.24) is 59.1 Å². The summed E-state index contributed by atoms with van der Waals surface area (Å²) in [6.45, 7) is 3.66. The van der Waals surface area contributed by atoms with Crippen molar-refractivity contribution in [3.05, 3.63) is 132 Å². The van der Waals surface area contributed by atoms with Crippen LogP contribution in [0, 0.1) is 37.3 Å². The van der Waals surface area contributed by atoms with E-state index in [0.717, 1.165) is 23.9 Å². The van der Waals surface area contributed by atoms with Gasteiger partial charge in [-0.05, 0) is 124 Å². The largest absolute Gasteiger partial charge is 0.329 e. The highest BCUT2D eigenvalue weighted by Gasteiger charge is 2.43. The molecule has 10 aromatic rings. The van der Waals surface area contributed by atoms with Gasteiger partial charge < -0.3 is 9.13 Å². The Morgan fingerprint density at radius 3 is 1.24 bits per heavy atom. The summed E-state index contributed by atoms with van der Waals surface area (Å²) in [4.78, 5) is 18.5. The molecule has 2 aliphatic rings. The van der Waals surface area contributed by atoms with Gasteiger partial charge in [-0.3, -0.25) is 19.9 Å². The van der Waals surface area contributed by atoms with E-state index in [1.807, 2.05) is 35.1 Å². The van der Waals surface area contributed by atoms with E-state index in [9.17, 15) is 34.4 Å². The smallest absolute Gasteiger partial charge is 0.248 e. The molecule has 2 aliphatic carbocycles. The third kappa shape index (κ3) is 9.97. The molecule has 2 unspecified atom stereocenters. The van der Waals surface area contributed by atoms with Gasteiger partial charge >= 0.3 is 0 Å². The van der Waals surface area contributed by atoms with Crippen LogP contribution in [0.1, 0.15) is 86.2 Å². The van der Waals surface area contributed by atoms with E-state index in [0.29, 0.717) is 66.4 Å². The van der Waals surface area contributed by atoms with Crippen molar-refractivity contribution in [2.45, 2.75) is 98.9 Å². The molecule has 0 aliphatic heterocycles. The van der Waals surface area contributed by atoms with Gasteiger partial charge in [-0.25, -0.2) is 52.5 Å². The minimum absolute atomic E-state index is 0.0892. The summed E-state index contributed by atoms with van der Waals surface area (Å²) in [6.07, 6.45) is 7.90. The zero-order valence-electron chi connectivity index (χ0n) is 44.3. The van der Waals surface area contributed by atoms with Crippen LogP contribution in [0.2, 0.25) is 0 Å². The monoisotopic (exact) mass is 1140 g/mol. The molecule has 24 heteroatoms. The second kappa shape index (κ2) is 20.2. The average molecular weight is 1140 g/mol. The Bertz CT molecular complexity index is 3980. The predicted octanol–water partition coefficient (Wildman–Crippen LogP) is 11.3. The van der Waals surface area contributed by atoms with Crippen molar-refractivity contribution >= 4 is 63.5 Å². The fourth-order valence-electron chi connectivity index (χ4n) is 11.9. The lowest BCUT2D eigenvalue weighted by Gasteiger charge is -2.35. The van der Waals surface area contributed by atoms with Gasteiger partial charge in [0.2, 0.25) is 11.8 Å². The Morgan fingerprint density at radius 2 is 0.912 bits per heavy atom. The van der Waals surface area contributed by atoms with Crippen LogP contribution in [-0.2, 0) is 33.8 Å². The van der Waals surface area contributed by atoms with Gasteiger partial charge in [0.25, 0.3) is 0 Å². The van der Waals surface area contributed by atoms with Crippen LogP contribution in [0.25, 0.3) is 66.4 Å². The molecule has 16 nitrogen and oxygen atoms in total. The summed E-state index contributed by atoms with van der Waals surface area (Å²) >= 11 is 0. The van der Waals surface area contributed by atoms with E-state index < -0.39 is 55.2 Å². The number of hydrogen-bond donors (Lipinski definition) is 0. The Hall–Kier alpha value is -7.60. The first-order valence-electron chi connectivity index (χ1n) is 25.9. The zero-order chi connectivity index (χ0) is 56.8.